The normalized spacial score (nSPS) is 12.3. The molecule has 0 saturated carbocycles. The number of hydrogen-bond donors (Lipinski definition) is 0. The van der Waals surface area contributed by atoms with Gasteiger partial charge >= 0.3 is 5.97 Å². The lowest BCUT2D eigenvalue weighted by molar-refractivity contribution is -0.142. The number of carbonyl (C=O) groups excluding carboxylic acids is 1. The average molecular weight is 351 g/mol. The molecule has 0 spiro atoms. The number of esters is 1. The zero-order valence-corrected chi connectivity index (χ0v) is 14.5. The van der Waals surface area contributed by atoms with Crippen LogP contribution in [-0.4, -0.2) is 22.9 Å². The molecular formula is C16H19BrN2O2. The molecule has 0 radical (unpaired) electrons. The summed E-state index contributed by atoms with van der Waals surface area (Å²) in [5.74, 6) is -0.562. The Morgan fingerprint density at radius 3 is 2.57 bits per heavy atom. The van der Waals surface area contributed by atoms with Gasteiger partial charge in [0.05, 0.1) is 24.4 Å². The van der Waals surface area contributed by atoms with E-state index in [-0.39, 0.29) is 11.9 Å². The average Bonchev–Trinajstić information content (AvgIpc) is 2.72. The number of benzene rings is 1. The van der Waals surface area contributed by atoms with E-state index in [9.17, 15) is 4.79 Å². The van der Waals surface area contributed by atoms with Crippen LogP contribution < -0.4 is 0 Å². The minimum Gasteiger partial charge on any atom is -0.469 e. The summed E-state index contributed by atoms with van der Waals surface area (Å²) in [6.07, 6.45) is 0. The molecule has 5 heteroatoms. The summed E-state index contributed by atoms with van der Waals surface area (Å²) in [4.78, 5) is 11.8. The number of carbonyl (C=O) groups is 1. The Hall–Kier alpha value is -1.62. The van der Waals surface area contributed by atoms with Crippen LogP contribution in [0.25, 0.3) is 5.69 Å². The molecule has 1 unspecified atom stereocenters. The molecule has 0 bridgehead atoms. The largest absolute Gasteiger partial charge is 0.469 e. The number of aryl methyl sites for hydroxylation is 2. The molecule has 0 aliphatic heterocycles. The first kappa shape index (κ1) is 15.8. The number of halogens is 1. The van der Waals surface area contributed by atoms with Gasteiger partial charge in [-0.05, 0) is 51.5 Å². The molecule has 0 amide bonds. The molecular weight excluding hydrogens is 332 g/mol. The second-order valence-corrected chi connectivity index (χ2v) is 6.09. The first-order valence-electron chi connectivity index (χ1n) is 6.77. The Kier molecular flexibility index (Phi) is 4.52. The van der Waals surface area contributed by atoms with E-state index in [1.165, 1.54) is 7.11 Å². The van der Waals surface area contributed by atoms with Gasteiger partial charge in [-0.1, -0.05) is 15.9 Å². The molecule has 2 rings (SSSR count). The molecule has 1 heterocycles. The van der Waals surface area contributed by atoms with Gasteiger partial charge in [-0.25, -0.2) is 4.68 Å². The number of nitrogens with zero attached hydrogens (tertiary/aromatic N) is 2. The Balaban J connectivity index is 2.55. The minimum absolute atomic E-state index is 0.242. The molecule has 0 aliphatic rings. The van der Waals surface area contributed by atoms with Crippen LogP contribution in [0.2, 0.25) is 0 Å². The van der Waals surface area contributed by atoms with Crippen molar-refractivity contribution in [3.63, 3.8) is 0 Å². The summed E-state index contributed by atoms with van der Waals surface area (Å²) in [5, 5.41) is 4.60. The third kappa shape index (κ3) is 2.88. The smallest absolute Gasteiger partial charge is 0.312 e. The molecule has 0 aliphatic carbocycles. The van der Waals surface area contributed by atoms with Gasteiger partial charge in [0.25, 0.3) is 0 Å². The number of ether oxygens (including phenoxy) is 1. The summed E-state index contributed by atoms with van der Waals surface area (Å²) in [7, 11) is 1.41. The highest BCUT2D eigenvalue weighted by Crippen LogP contribution is 2.28. The van der Waals surface area contributed by atoms with E-state index in [0.29, 0.717) is 0 Å². The number of methoxy groups -OCH3 is 1. The van der Waals surface area contributed by atoms with Gasteiger partial charge in [-0.2, -0.15) is 5.10 Å². The summed E-state index contributed by atoms with van der Waals surface area (Å²) >= 11 is 3.47. The topological polar surface area (TPSA) is 44.1 Å². The van der Waals surface area contributed by atoms with Crippen LogP contribution in [0.15, 0.2) is 22.7 Å². The van der Waals surface area contributed by atoms with Gasteiger partial charge in [-0.15, -0.1) is 0 Å². The molecule has 0 fully saturated rings. The molecule has 112 valence electrons. The zero-order chi connectivity index (χ0) is 15.7. The Morgan fingerprint density at radius 1 is 1.33 bits per heavy atom. The van der Waals surface area contributed by atoms with E-state index < -0.39 is 0 Å². The maximum absolute atomic E-state index is 11.8. The van der Waals surface area contributed by atoms with Crippen molar-refractivity contribution in [2.45, 2.75) is 33.6 Å². The van der Waals surface area contributed by atoms with Crippen molar-refractivity contribution in [2.75, 3.05) is 7.11 Å². The quantitative estimate of drug-likeness (QED) is 0.790. The van der Waals surface area contributed by atoms with E-state index in [2.05, 4.69) is 27.1 Å². The van der Waals surface area contributed by atoms with Crippen LogP contribution in [0, 0.1) is 20.8 Å². The summed E-state index contributed by atoms with van der Waals surface area (Å²) in [6.45, 7) is 7.80. The van der Waals surface area contributed by atoms with Gasteiger partial charge in [0.15, 0.2) is 0 Å². The lowest BCUT2D eigenvalue weighted by atomic mass is 9.99. The molecule has 4 nitrogen and oxygen atoms in total. The molecule has 1 aromatic heterocycles. The summed E-state index contributed by atoms with van der Waals surface area (Å²) in [5.41, 5.74) is 4.89. The number of hydrogen-bond acceptors (Lipinski definition) is 3. The summed E-state index contributed by atoms with van der Waals surface area (Å²) < 4.78 is 7.78. The van der Waals surface area contributed by atoms with E-state index >= 15 is 0 Å². The zero-order valence-electron chi connectivity index (χ0n) is 12.9. The Bertz CT molecular complexity index is 692. The van der Waals surface area contributed by atoms with Crippen molar-refractivity contribution < 1.29 is 9.53 Å². The van der Waals surface area contributed by atoms with Crippen molar-refractivity contribution in [1.29, 1.82) is 0 Å². The van der Waals surface area contributed by atoms with Crippen LogP contribution in [-0.2, 0) is 9.53 Å². The lowest BCUT2D eigenvalue weighted by Gasteiger charge is -2.12. The molecule has 21 heavy (non-hydrogen) atoms. The first-order valence-corrected chi connectivity index (χ1v) is 7.56. The molecule has 2 aromatic rings. The van der Waals surface area contributed by atoms with Crippen molar-refractivity contribution in [2.24, 2.45) is 0 Å². The number of aromatic nitrogens is 2. The SMILES string of the molecule is COC(=O)C(C)c1c(C)nn(-c2ccc(Br)cc2C)c1C. The van der Waals surface area contributed by atoms with E-state index in [1.54, 1.807) is 0 Å². The fourth-order valence-electron chi connectivity index (χ4n) is 2.67. The maximum Gasteiger partial charge on any atom is 0.312 e. The predicted octanol–water partition coefficient (Wildman–Crippen LogP) is 3.84. The Morgan fingerprint density at radius 2 is 2.00 bits per heavy atom. The van der Waals surface area contributed by atoms with Crippen LogP contribution in [0.4, 0.5) is 0 Å². The lowest BCUT2D eigenvalue weighted by Crippen LogP contribution is -2.12. The van der Waals surface area contributed by atoms with E-state index in [0.717, 1.165) is 32.7 Å². The fraction of sp³-hybridized carbons (Fsp3) is 0.375. The first-order chi connectivity index (χ1) is 9.86. The van der Waals surface area contributed by atoms with Gasteiger partial charge in [-0.3, -0.25) is 4.79 Å². The summed E-state index contributed by atoms with van der Waals surface area (Å²) in [6, 6.07) is 6.06. The molecule has 1 atom stereocenters. The van der Waals surface area contributed by atoms with Gasteiger partial charge in [0, 0.05) is 15.7 Å². The van der Waals surface area contributed by atoms with Crippen molar-refractivity contribution in [1.82, 2.24) is 9.78 Å². The van der Waals surface area contributed by atoms with Crippen LogP contribution >= 0.6 is 15.9 Å². The van der Waals surface area contributed by atoms with Gasteiger partial charge < -0.3 is 4.74 Å². The third-order valence-corrected chi connectivity index (χ3v) is 4.22. The third-order valence-electron chi connectivity index (χ3n) is 3.72. The standard InChI is InChI=1S/C16H19BrN2O2/c1-9-8-13(17)6-7-14(9)19-12(4)15(11(3)18-19)10(2)16(20)21-5/h6-8,10H,1-5H3. The fourth-order valence-corrected chi connectivity index (χ4v) is 3.14. The Labute approximate surface area is 133 Å². The van der Waals surface area contributed by atoms with Crippen molar-refractivity contribution >= 4 is 21.9 Å². The van der Waals surface area contributed by atoms with Crippen molar-refractivity contribution in [3.05, 3.63) is 45.2 Å². The second kappa shape index (κ2) is 6.02. The highest BCUT2D eigenvalue weighted by atomic mass is 79.9. The second-order valence-electron chi connectivity index (χ2n) is 5.17. The minimum atomic E-state index is -0.320. The number of rotatable bonds is 3. The maximum atomic E-state index is 11.8. The van der Waals surface area contributed by atoms with Gasteiger partial charge in [0.2, 0.25) is 0 Å². The van der Waals surface area contributed by atoms with E-state index in [4.69, 9.17) is 4.74 Å². The monoisotopic (exact) mass is 350 g/mol. The van der Waals surface area contributed by atoms with Crippen LogP contribution in [0.1, 0.15) is 35.4 Å². The molecule has 0 saturated heterocycles. The van der Waals surface area contributed by atoms with Gasteiger partial charge in [0.1, 0.15) is 0 Å². The van der Waals surface area contributed by atoms with Crippen LogP contribution in [0.5, 0.6) is 0 Å². The predicted molar refractivity (Wildman–Crippen MR) is 85.9 cm³/mol. The van der Waals surface area contributed by atoms with E-state index in [1.807, 2.05) is 44.5 Å². The molecule has 1 aromatic carbocycles. The highest BCUT2D eigenvalue weighted by molar-refractivity contribution is 9.10. The van der Waals surface area contributed by atoms with Crippen LogP contribution in [0.3, 0.4) is 0 Å². The molecule has 0 N–H and O–H groups in total. The highest BCUT2D eigenvalue weighted by Gasteiger charge is 2.24. The van der Waals surface area contributed by atoms with Crippen molar-refractivity contribution in [3.8, 4) is 5.69 Å².